The highest BCUT2D eigenvalue weighted by molar-refractivity contribution is 5.78. The molecule has 5 heteroatoms. The fourth-order valence-electron chi connectivity index (χ4n) is 1.98. The lowest BCUT2D eigenvalue weighted by Crippen LogP contribution is -2.02. The monoisotopic (exact) mass is 266 g/mol. The van der Waals surface area contributed by atoms with Crippen LogP contribution in [0.2, 0.25) is 0 Å². The van der Waals surface area contributed by atoms with Gasteiger partial charge in [-0.25, -0.2) is 9.37 Å². The van der Waals surface area contributed by atoms with E-state index < -0.39 is 0 Å². The summed E-state index contributed by atoms with van der Waals surface area (Å²) in [5.74, 6) is 0.307. The van der Waals surface area contributed by atoms with Crippen LogP contribution in [0.3, 0.4) is 0 Å². The summed E-state index contributed by atoms with van der Waals surface area (Å²) in [7, 11) is 0. The number of aromatic nitrogens is 2. The molecule has 2 aromatic carbocycles. The van der Waals surface area contributed by atoms with Crippen molar-refractivity contribution in [2.24, 2.45) is 0 Å². The Balaban J connectivity index is 1.82. The van der Waals surface area contributed by atoms with Gasteiger partial charge in [0.1, 0.15) is 5.82 Å². The lowest BCUT2D eigenvalue weighted by molar-refractivity contribution is 0.613. The predicted octanol–water partition coefficient (Wildman–Crippen LogP) is 3.19. The Kier molecular flexibility index (Phi) is 3.05. The molecular formula is C15H11FN4. The number of hydrogen-bond acceptors (Lipinski definition) is 3. The molecule has 0 saturated heterocycles. The molecule has 0 aliphatic heterocycles. The van der Waals surface area contributed by atoms with Crippen molar-refractivity contribution < 1.29 is 4.39 Å². The van der Waals surface area contributed by atoms with Gasteiger partial charge in [-0.1, -0.05) is 18.2 Å². The topological polar surface area (TPSA) is 64.5 Å². The Morgan fingerprint density at radius 3 is 2.90 bits per heavy atom. The molecule has 0 aliphatic carbocycles. The van der Waals surface area contributed by atoms with Crippen LogP contribution >= 0.6 is 0 Å². The summed E-state index contributed by atoms with van der Waals surface area (Å²) in [4.78, 5) is 7.40. The Morgan fingerprint density at radius 1 is 1.25 bits per heavy atom. The number of aromatic amines is 1. The Morgan fingerprint density at radius 2 is 2.10 bits per heavy atom. The number of benzene rings is 2. The number of halogens is 1. The molecule has 2 N–H and O–H groups in total. The molecule has 1 aromatic heterocycles. The van der Waals surface area contributed by atoms with Crippen LogP contribution in [-0.2, 0) is 6.54 Å². The Bertz CT molecular complexity index is 801. The summed E-state index contributed by atoms with van der Waals surface area (Å²) in [6, 6.07) is 13.9. The second-order valence-electron chi connectivity index (χ2n) is 4.37. The van der Waals surface area contributed by atoms with Gasteiger partial charge in [0.15, 0.2) is 0 Å². The van der Waals surface area contributed by atoms with E-state index in [1.165, 1.54) is 6.07 Å². The molecule has 0 saturated carbocycles. The standard InChI is InChI=1S/C15H11FN4/c16-12-4-2-1-3-11(12)9-18-15-19-13-6-5-10(8-17)7-14(13)20-15/h1-7H,9H2,(H2,18,19,20). The lowest BCUT2D eigenvalue weighted by atomic mass is 10.2. The number of nitrogens with zero attached hydrogens (tertiary/aromatic N) is 2. The van der Waals surface area contributed by atoms with Crippen LogP contribution in [0.5, 0.6) is 0 Å². The maximum atomic E-state index is 13.5. The molecule has 98 valence electrons. The van der Waals surface area contributed by atoms with Gasteiger partial charge >= 0.3 is 0 Å². The van der Waals surface area contributed by atoms with Crippen molar-refractivity contribution in [2.45, 2.75) is 6.54 Å². The van der Waals surface area contributed by atoms with E-state index >= 15 is 0 Å². The highest BCUT2D eigenvalue weighted by Crippen LogP contribution is 2.16. The van der Waals surface area contributed by atoms with Crippen LogP contribution in [-0.4, -0.2) is 9.97 Å². The SMILES string of the molecule is N#Cc1ccc2nc(NCc3ccccc3F)[nH]c2c1. The van der Waals surface area contributed by atoms with Gasteiger partial charge in [-0.2, -0.15) is 5.26 Å². The highest BCUT2D eigenvalue weighted by Gasteiger charge is 2.05. The van der Waals surface area contributed by atoms with Gasteiger partial charge in [0.05, 0.1) is 22.7 Å². The van der Waals surface area contributed by atoms with Crippen LogP contribution in [0.15, 0.2) is 42.5 Å². The number of fused-ring (bicyclic) bond motifs is 1. The molecule has 0 atom stereocenters. The zero-order valence-electron chi connectivity index (χ0n) is 10.5. The zero-order valence-corrected chi connectivity index (χ0v) is 10.5. The highest BCUT2D eigenvalue weighted by atomic mass is 19.1. The van der Waals surface area contributed by atoms with E-state index in [9.17, 15) is 4.39 Å². The molecule has 3 aromatic rings. The molecule has 0 aliphatic rings. The van der Waals surface area contributed by atoms with Gasteiger partial charge in [-0.15, -0.1) is 0 Å². The van der Waals surface area contributed by atoms with E-state index in [1.807, 2.05) is 0 Å². The number of nitriles is 1. The summed E-state index contributed by atoms with van der Waals surface area (Å²) in [6.45, 7) is 0.345. The second-order valence-corrected chi connectivity index (χ2v) is 4.37. The van der Waals surface area contributed by atoms with Gasteiger partial charge in [0.2, 0.25) is 5.95 Å². The van der Waals surface area contributed by atoms with Crippen molar-refractivity contribution in [1.82, 2.24) is 9.97 Å². The number of imidazole rings is 1. The molecule has 4 nitrogen and oxygen atoms in total. The molecular weight excluding hydrogens is 255 g/mol. The number of rotatable bonds is 3. The van der Waals surface area contributed by atoms with Gasteiger partial charge < -0.3 is 10.3 Å². The molecule has 0 bridgehead atoms. The van der Waals surface area contributed by atoms with Crippen LogP contribution in [0.1, 0.15) is 11.1 Å². The molecule has 0 fully saturated rings. The normalized spacial score (nSPS) is 10.4. The molecule has 1 heterocycles. The first-order valence-electron chi connectivity index (χ1n) is 6.13. The van der Waals surface area contributed by atoms with Gasteiger partial charge in [-0.05, 0) is 24.3 Å². The van der Waals surface area contributed by atoms with Crippen molar-refractivity contribution in [3.05, 3.63) is 59.4 Å². The smallest absolute Gasteiger partial charge is 0.201 e. The van der Waals surface area contributed by atoms with Crippen LogP contribution in [0.4, 0.5) is 10.3 Å². The molecule has 0 radical (unpaired) electrons. The van der Waals surface area contributed by atoms with Crippen molar-refractivity contribution >= 4 is 17.0 Å². The molecule has 0 spiro atoms. The maximum absolute atomic E-state index is 13.5. The van der Waals surface area contributed by atoms with Crippen LogP contribution < -0.4 is 5.32 Å². The third-order valence-electron chi connectivity index (χ3n) is 3.02. The van der Waals surface area contributed by atoms with Crippen molar-refractivity contribution in [3.8, 4) is 6.07 Å². The van der Waals surface area contributed by atoms with E-state index in [0.717, 1.165) is 11.0 Å². The van der Waals surface area contributed by atoms with Gasteiger partial charge in [0, 0.05) is 12.1 Å². The average Bonchev–Trinajstić information content (AvgIpc) is 2.88. The zero-order chi connectivity index (χ0) is 13.9. The average molecular weight is 266 g/mol. The summed E-state index contributed by atoms with van der Waals surface area (Å²) in [5.41, 5.74) is 2.69. The maximum Gasteiger partial charge on any atom is 0.201 e. The van der Waals surface area contributed by atoms with E-state index in [1.54, 1.807) is 36.4 Å². The van der Waals surface area contributed by atoms with Crippen molar-refractivity contribution in [1.29, 1.82) is 5.26 Å². The van der Waals surface area contributed by atoms with E-state index in [0.29, 0.717) is 23.6 Å². The first-order valence-corrected chi connectivity index (χ1v) is 6.13. The number of H-pyrrole nitrogens is 1. The molecule has 0 unspecified atom stereocenters. The first-order chi connectivity index (χ1) is 9.76. The summed E-state index contributed by atoms with van der Waals surface area (Å²) < 4.78 is 13.5. The lowest BCUT2D eigenvalue weighted by Gasteiger charge is -2.03. The fourth-order valence-corrected chi connectivity index (χ4v) is 1.98. The Labute approximate surface area is 114 Å². The quantitative estimate of drug-likeness (QED) is 0.765. The number of hydrogen-bond donors (Lipinski definition) is 2. The third kappa shape index (κ3) is 2.31. The largest absolute Gasteiger partial charge is 0.352 e. The van der Waals surface area contributed by atoms with E-state index in [2.05, 4.69) is 21.4 Å². The van der Waals surface area contributed by atoms with Gasteiger partial charge in [0.25, 0.3) is 0 Å². The fraction of sp³-hybridized carbons (Fsp3) is 0.0667. The minimum atomic E-state index is -0.247. The number of anilines is 1. The Hall–Kier alpha value is -2.87. The van der Waals surface area contributed by atoms with E-state index in [-0.39, 0.29) is 5.82 Å². The molecule has 20 heavy (non-hydrogen) atoms. The predicted molar refractivity (Wildman–Crippen MR) is 74.5 cm³/mol. The summed E-state index contributed by atoms with van der Waals surface area (Å²) >= 11 is 0. The van der Waals surface area contributed by atoms with Crippen molar-refractivity contribution in [2.75, 3.05) is 5.32 Å². The van der Waals surface area contributed by atoms with Crippen LogP contribution in [0, 0.1) is 17.1 Å². The number of nitrogens with one attached hydrogen (secondary N) is 2. The second kappa shape index (κ2) is 5.02. The summed E-state index contributed by atoms with van der Waals surface area (Å²) in [6.07, 6.45) is 0. The molecule has 3 rings (SSSR count). The minimum absolute atomic E-state index is 0.247. The van der Waals surface area contributed by atoms with Gasteiger partial charge in [-0.3, -0.25) is 0 Å². The van der Waals surface area contributed by atoms with Crippen molar-refractivity contribution in [3.63, 3.8) is 0 Å². The third-order valence-corrected chi connectivity index (χ3v) is 3.02. The van der Waals surface area contributed by atoms with E-state index in [4.69, 9.17) is 5.26 Å². The summed E-state index contributed by atoms with van der Waals surface area (Å²) in [5, 5.41) is 11.9. The first kappa shape index (κ1) is 12.2. The molecule has 0 amide bonds. The van der Waals surface area contributed by atoms with Crippen LogP contribution in [0.25, 0.3) is 11.0 Å². The minimum Gasteiger partial charge on any atom is -0.352 e.